The molecule has 0 saturated carbocycles. The highest BCUT2D eigenvalue weighted by Crippen LogP contribution is 2.18. The summed E-state index contributed by atoms with van der Waals surface area (Å²) >= 11 is 0. The van der Waals surface area contributed by atoms with Crippen LogP contribution in [0.5, 0.6) is 5.75 Å². The van der Waals surface area contributed by atoms with E-state index in [9.17, 15) is 4.79 Å². The number of para-hydroxylation sites is 1. The maximum atomic E-state index is 12.2. The summed E-state index contributed by atoms with van der Waals surface area (Å²) in [6.45, 7) is 4.04. The lowest BCUT2D eigenvalue weighted by molar-refractivity contribution is 0.0912. The average Bonchev–Trinajstić information content (AvgIpc) is 2.41. The van der Waals surface area contributed by atoms with Gasteiger partial charge in [-0.05, 0) is 31.0 Å². The lowest BCUT2D eigenvalue weighted by Gasteiger charge is -2.30. The number of nitrogens with one attached hydrogen (secondary N) is 2. The van der Waals surface area contributed by atoms with Crippen LogP contribution in [0.1, 0.15) is 23.7 Å². The molecular weight excluding hydrogens is 264 g/mol. The zero-order valence-electron chi connectivity index (χ0n) is 11.3. The fourth-order valence-electron chi connectivity index (χ4n) is 2.26. The number of amides is 1. The number of carbonyl (C=O) groups is 1. The van der Waals surface area contributed by atoms with Gasteiger partial charge in [-0.15, -0.1) is 12.4 Å². The molecule has 2 atom stereocenters. The van der Waals surface area contributed by atoms with E-state index in [4.69, 9.17) is 4.74 Å². The first-order valence-corrected chi connectivity index (χ1v) is 6.37. The van der Waals surface area contributed by atoms with Crippen molar-refractivity contribution in [3.63, 3.8) is 0 Å². The minimum atomic E-state index is -0.0620. The zero-order chi connectivity index (χ0) is 13.0. The van der Waals surface area contributed by atoms with E-state index in [0.29, 0.717) is 17.2 Å². The number of piperidine rings is 1. The van der Waals surface area contributed by atoms with Gasteiger partial charge in [-0.2, -0.15) is 0 Å². The van der Waals surface area contributed by atoms with Crippen molar-refractivity contribution in [1.29, 1.82) is 0 Å². The molecule has 1 aromatic carbocycles. The fourth-order valence-corrected chi connectivity index (χ4v) is 2.26. The lowest BCUT2D eigenvalue weighted by Crippen LogP contribution is -2.50. The molecule has 1 aliphatic heterocycles. The van der Waals surface area contributed by atoms with Crippen LogP contribution in [0.25, 0.3) is 0 Å². The highest BCUT2D eigenvalue weighted by molar-refractivity contribution is 5.97. The Bertz CT molecular complexity index is 426. The van der Waals surface area contributed by atoms with E-state index < -0.39 is 0 Å². The first-order chi connectivity index (χ1) is 8.72. The molecule has 1 amide bonds. The fraction of sp³-hybridized carbons (Fsp3) is 0.500. The molecule has 1 fully saturated rings. The topological polar surface area (TPSA) is 50.4 Å². The predicted molar refractivity (Wildman–Crippen MR) is 78.1 cm³/mol. The number of methoxy groups -OCH3 is 1. The second kappa shape index (κ2) is 7.36. The molecule has 0 aromatic heterocycles. The summed E-state index contributed by atoms with van der Waals surface area (Å²) in [6, 6.07) is 7.49. The Morgan fingerprint density at radius 1 is 1.42 bits per heavy atom. The van der Waals surface area contributed by atoms with Gasteiger partial charge in [0.1, 0.15) is 5.75 Å². The Kier molecular flexibility index (Phi) is 6.12. The van der Waals surface area contributed by atoms with Crippen molar-refractivity contribution in [2.45, 2.75) is 19.4 Å². The molecule has 106 valence electrons. The summed E-state index contributed by atoms with van der Waals surface area (Å²) in [7, 11) is 1.58. The summed E-state index contributed by atoms with van der Waals surface area (Å²) in [5.41, 5.74) is 0.595. The largest absolute Gasteiger partial charge is 0.496 e. The lowest BCUT2D eigenvalue weighted by atomic mass is 9.94. The molecule has 2 rings (SSSR count). The molecule has 0 bridgehead atoms. The summed E-state index contributed by atoms with van der Waals surface area (Å²) in [4.78, 5) is 12.2. The minimum Gasteiger partial charge on any atom is -0.496 e. The Hall–Kier alpha value is -1.26. The molecule has 0 spiro atoms. The highest BCUT2D eigenvalue weighted by Gasteiger charge is 2.23. The molecule has 1 saturated heterocycles. The normalized spacial score (nSPS) is 22.2. The third-order valence-corrected chi connectivity index (χ3v) is 3.50. The first-order valence-electron chi connectivity index (χ1n) is 6.37. The van der Waals surface area contributed by atoms with Crippen molar-refractivity contribution in [3.05, 3.63) is 29.8 Å². The van der Waals surface area contributed by atoms with Gasteiger partial charge in [0.05, 0.1) is 12.7 Å². The maximum Gasteiger partial charge on any atom is 0.255 e. The number of carbonyl (C=O) groups excluding carboxylic acids is 1. The third-order valence-electron chi connectivity index (χ3n) is 3.50. The smallest absolute Gasteiger partial charge is 0.255 e. The van der Waals surface area contributed by atoms with E-state index in [-0.39, 0.29) is 24.4 Å². The number of ether oxygens (including phenoxy) is 1. The van der Waals surface area contributed by atoms with Gasteiger partial charge < -0.3 is 15.4 Å². The second-order valence-corrected chi connectivity index (χ2v) is 4.75. The molecule has 5 heteroatoms. The summed E-state index contributed by atoms with van der Waals surface area (Å²) < 4.78 is 5.21. The Balaban J connectivity index is 0.00000180. The minimum absolute atomic E-state index is 0. The van der Waals surface area contributed by atoms with E-state index in [0.717, 1.165) is 19.5 Å². The van der Waals surface area contributed by atoms with Crippen LogP contribution in [-0.2, 0) is 0 Å². The van der Waals surface area contributed by atoms with Gasteiger partial charge in [-0.3, -0.25) is 4.79 Å². The number of rotatable bonds is 3. The Morgan fingerprint density at radius 2 is 2.16 bits per heavy atom. The molecule has 1 aliphatic rings. The van der Waals surface area contributed by atoms with Crippen LogP contribution < -0.4 is 15.4 Å². The van der Waals surface area contributed by atoms with Gasteiger partial charge >= 0.3 is 0 Å². The summed E-state index contributed by atoms with van der Waals surface area (Å²) in [5.74, 6) is 1.06. The van der Waals surface area contributed by atoms with Gasteiger partial charge in [0, 0.05) is 12.6 Å². The van der Waals surface area contributed by atoms with Gasteiger partial charge in [0.25, 0.3) is 5.91 Å². The zero-order valence-corrected chi connectivity index (χ0v) is 12.1. The van der Waals surface area contributed by atoms with E-state index in [1.165, 1.54) is 0 Å². The van der Waals surface area contributed by atoms with Crippen molar-refractivity contribution in [3.8, 4) is 5.75 Å². The van der Waals surface area contributed by atoms with Crippen LogP contribution in [-0.4, -0.2) is 32.1 Å². The van der Waals surface area contributed by atoms with Gasteiger partial charge in [-0.25, -0.2) is 0 Å². The molecule has 19 heavy (non-hydrogen) atoms. The highest BCUT2D eigenvalue weighted by atomic mass is 35.5. The Morgan fingerprint density at radius 3 is 2.84 bits per heavy atom. The number of benzene rings is 1. The average molecular weight is 285 g/mol. The molecule has 2 N–H and O–H groups in total. The van der Waals surface area contributed by atoms with Crippen LogP contribution in [0, 0.1) is 5.92 Å². The predicted octanol–water partition coefficient (Wildman–Crippen LogP) is 1.84. The number of hydrogen-bond donors (Lipinski definition) is 2. The van der Waals surface area contributed by atoms with E-state index in [1.54, 1.807) is 19.2 Å². The van der Waals surface area contributed by atoms with E-state index in [2.05, 4.69) is 17.6 Å². The van der Waals surface area contributed by atoms with Crippen molar-refractivity contribution in [2.24, 2.45) is 5.92 Å². The SMILES string of the molecule is COc1ccccc1C(=O)NC1CNCCC1C.Cl. The molecule has 2 unspecified atom stereocenters. The molecule has 0 aliphatic carbocycles. The van der Waals surface area contributed by atoms with Gasteiger partial charge in [0.15, 0.2) is 0 Å². The first kappa shape index (κ1) is 15.8. The quantitative estimate of drug-likeness (QED) is 0.891. The summed E-state index contributed by atoms with van der Waals surface area (Å²) in [6.07, 6.45) is 1.09. The van der Waals surface area contributed by atoms with Crippen LogP contribution >= 0.6 is 12.4 Å². The van der Waals surface area contributed by atoms with Crippen LogP contribution in [0.3, 0.4) is 0 Å². The maximum absolute atomic E-state index is 12.2. The monoisotopic (exact) mass is 284 g/mol. The second-order valence-electron chi connectivity index (χ2n) is 4.75. The van der Waals surface area contributed by atoms with E-state index in [1.807, 2.05) is 12.1 Å². The number of halogens is 1. The van der Waals surface area contributed by atoms with Crippen LogP contribution in [0.4, 0.5) is 0 Å². The van der Waals surface area contributed by atoms with Crippen LogP contribution in [0.2, 0.25) is 0 Å². The molecule has 1 heterocycles. The molecule has 4 nitrogen and oxygen atoms in total. The van der Waals surface area contributed by atoms with Gasteiger partial charge in [0.2, 0.25) is 0 Å². The number of hydrogen-bond acceptors (Lipinski definition) is 3. The van der Waals surface area contributed by atoms with E-state index >= 15 is 0 Å². The third kappa shape index (κ3) is 3.85. The van der Waals surface area contributed by atoms with Crippen LogP contribution in [0.15, 0.2) is 24.3 Å². The standard InChI is InChI=1S/C14H20N2O2.ClH/c1-10-7-8-15-9-12(10)16-14(17)11-5-3-4-6-13(11)18-2;/h3-6,10,12,15H,7-9H2,1-2H3,(H,16,17);1H. The van der Waals surface area contributed by atoms with Crippen molar-refractivity contribution in [1.82, 2.24) is 10.6 Å². The molecule has 0 radical (unpaired) electrons. The Labute approximate surface area is 120 Å². The van der Waals surface area contributed by atoms with Gasteiger partial charge in [-0.1, -0.05) is 19.1 Å². The van der Waals surface area contributed by atoms with Crippen molar-refractivity contribution >= 4 is 18.3 Å². The van der Waals surface area contributed by atoms with Crippen molar-refractivity contribution < 1.29 is 9.53 Å². The molecule has 1 aromatic rings. The summed E-state index contributed by atoms with van der Waals surface area (Å²) in [5, 5.41) is 6.38. The van der Waals surface area contributed by atoms with Crippen molar-refractivity contribution in [2.75, 3.05) is 20.2 Å². The molecular formula is C14H21ClN2O2.